The third-order valence-electron chi connectivity index (χ3n) is 4.66. The van der Waals surface area contributed by atoms with Crippen molar-refractivity contribution in [2.75, 3.05) is 31.6 Å². The van der Waals surface area contributed by atoms with Crippen LogP contribution in [0.2, 0.25) is 10.0 Å². The summed E-state index contributed by atoms with van der Waals surface area (Å²) in [5, 5.41) is 5.20. The second kappa shape index (κ2) is 7.99. The van der Waals surface area contributed by atoms with Gasteiger partial charge in [-0.2, -0.15) is 0 Å². The Hall–Kier alpha value is -2.28. The van der Waals surface area contributed by atoms with Gasteiger partial charge in [-0.3, -0.25) is 4.79 Å². The molecular formula is C20H19Cl2N3O3. The molecule has 8 heteroatoms. The molecule has 1 aromatic carbocycles. The number of fused-ring (bicyclic) bond motifs is 1. The van der Waals surface area contributed by atoms with Gasteiger partial charge in [0.15, 0.2) is 0 Å². The highest BCUT2D eigenvalue weighted by molar-refractivity contribution is 6.33. The molecule has 3 aromatic rings. The number of halogens is 2. The normalized spacial score (nSPS) is 15.6. The highest BCUT2D eigenvalue weighted by Gasteiger charge is 2.20. The Labute approximate surface area is 172 Å². The van der Waals surface area contributed by atoms with E-state index < -0.39 is 0 Å². The number of anilines is 1. The van der Waals surface area contributed by atoms with Gasteiger partial charge in [-0.25, -0.2) is 4.98 Å². The summed E-state index contributed by atoms with van der Waals surface area (Å²) < 4.78 is 11.2. The number of morpholine rings is 1. The maximum absolute atomic E-state index is 12.6. The smallest absolute Gasteiger partial charge is 0.255 e. The van der Waals surface area contributed by atoms with Gasteiger partial charge in [0.2, 0.25) is 0 Å². The van der Waals surface area contributed by atoms with E-state index >= 15 is 0 Å². The van der Waals surface area contributed by atoms with Gasteiger partial charge in [-0.1, -0.05) is 23.2 Å². The number of carbonyl (C=O) groups excluding carboxylic acids is 1. The minimum Gasteiger partial charge on any atom is -0.459 e. The molecule has 1 aliphatic heterocycles. The van der Waals surface area contributed by atoms with Crippen LogP contribution in [0.4, 0.5) is 5.82 Å². The summed E-state index contributed by atoms with van der Waals surface area (Å²) in [4.78, 5) is 18.6. The topological polar surface area (TPSA) is 67.6 Å². The summed E-state index contributed by atoms with van der Waals surface area (Å²) in [6.45, 7) is 4.19. The van der Waals surface area contributed by atoms with E-state index in [9.17, 15) is 4.79 Å². The Balaban J connectivity index is 1.50. The molecule has 146 valence electrons. The lowest BCUT2D eigenvalue weighted by Gasteiger charge is -2.26. The summed E-state index contributed by atoms with van der Waals surface area (Å²) in [6.07, 6.45) is 1.54. The van der Waals surface area contributed by atoms with Crippen molar-refractivity contribution >= 4 is 45.9 Å². The molecule has 1 amide bonds. The number of amides is 1. The fourth-order valence-corrected chi connectivity index (χ4v) is 3.54. The van der Waals surface area contributed by atoms with Crippen molar-refractivity contribution in [2.24, 2.45) is 0 Å². The highest BCUT2D eigenvalue weighted by Crippen LogP contribution is 2.30. The summed E-state index contributed by atoms with van der Waals surface area (Å²) in [5.41, 5.74) is 1.22. The standard InChI is InChI=1S/C20H19Cl2N3O3/c1-12(18-10-13-8-15(21)2-3-17(13)28-18)24-19-16(22)9-14(11-23-19)20(26)25-4-6-27-7-5-25/h2-3,8-12H,4-7H2,1H3,(H,23,24). The van der Waals surface area contributed by atoms with Crippen molar-refractivity contribution in [2.45, 2.75) is 13.0 Å². The quantitative estimate of drug-likeness (QED) is 0.658. The van der Waals surface area contributed by atoms with Crippen molar-refractivity contribution in [3.05, 3.63) is 57.9 Å². The fourth-order valence-electron chi connectivity index (χ4n) is 3.13. The number of nitrogens with zero attached hydrogens (tertiary/aromatic N) is 2. The number of furan rings is 1. The zero-order valence-corrected chi connectivity index (χ0v) is 16.8. The van der Waals surface area contributed by atoms with Gasteiger partial charge in [-0.05, 0) is 37.3 Å². The summed E-state index contributed by atoms with van der Waals surface area (Å²) in [6, 6.07) is 8.89. The number of hydrogen-bond donors (Lipinski definition) is 1. The molecule has 1 saturated heterocycles. The van der Waals surface area contributed by atoms with Crippen molar-refractivity contribution < 1.29 is 13.9 Å². The van der Waals surface area contributed by atoms with Crippen LogP contribution < -0.4 is 5.32 Å². The lowest BCUT2D eigenvalue weighted by atomic mass is 10.2. The Morgan fingerprint density at radius 3 is 2.75 bits per heavy atom. The second-order valence-electron chi connectivity index (χ2n) is 6.66. The zero-order valence-electron chi connectivity index (χ0n) is 15.2. The largest absolute Gasteiger partial charge is 0.459 e. The average molecular weight is 420 g/mol. The van der Waals surface area contributed by atoms with Crippen molar-refractivity contribution in [3.63, 3.8) is 0 Å². The minimum absolute atomic E-state index is 0.0912. The van der Waals surface area contributed by atoms with E-state index in [4.69, 9.17) is 32.4 Å². The lowest BCUT2D eigenvalue weighted by Crippen LogP contribution is -2.40. The molecule has 0 bridgehead atoms. The second-order valence-corrected chi connectivity index (χ2v) is 7.50. The van der Waals surface area contributed by atoms with Crippen LogP contribution in [-0.4, -0.2) is 42.1 Å². The molecular weight excluding hydrogens is 401 g/mol. The molecule has 0 spiro atoms. The molecule has 3 heterocycles. The number of aromatic nitrogens is 1. The van der Waals surface area contributed by atoms with E-state index in [0.29, 0.717) is 47.7 Å². The van der Waals surface area contributed by atoms with Crippen LogP contribution in [0, 0.1) is 0 Å². The van der Waals surface area contributed by atoms with Gasteiger partial charge in [0.05, 0.1) is 29.8 Å². The minimum atomic E-state index is -0.169. The van der Waals surface area contributed by atoms with E-state index in [2.05, 4.69) is 10.3 Å². The first-order valence-corrected chi connectivity index (χ1v) is 9.75. The third kappa shape index (κ3) is 3.94. The van der Waals surface area contributed by atoms with Crippen LogP contribution >= 0.6 is 23.2 Å². The molecule has 1 aliphatic rings. The maximum atomic E-state index is 12.6. The molecule has 1 atom stereocenters. The fraction of sp³-hybridized carbons (Fsp3) is 0.300. The Morgan fingerprint density at radius 1 is 1.21 bits per heavy atom. The molecule has 4 rings (SSSR count). The number of rotatable bonds is 4. The first-order valence-electron chi connectivity index (χ1n) is 8.99. The van der Waals surface area contributed by atoms with Gasteiger partial charge in [0.1, 0.15) is 17.2 Å². The summed E-state index contributed by atoms with van der Waals surface area (Å²) in [5.74, 6) is 1.14. The molecule has 28 heavy (non-hydrogen) atoms. The van der Waals surface area contributed by atoms with Crippen LogP contribution in [0.15, 0.2) is 40.9 Å². The van der Waals surface area contributed by atoms with Gasteiger partial charge in [0, 0.05) is 29.7 Å². The Kier molecular flexibility index (Phi) is 5.44. The van der Waals surface area contributed by atoms with Gasteiger partial charge in [-0.15, -0.1) is 0 Å². The zero-order chi connectivity index (χ0) is 19.7. The number of pyridine rings is 1. The van der Waals surface area contributed by atoms with E-state index in [0.717, 1.165) is 16.7 Å². The van der Waals surface area contributed by atoms with Crippen LogP contribution in [-0.2, 0) is 4.74 Å². The van der Waals surface area contributed by atoms with Crippen LogP contribution in [0.25, 0.3) is 11.0 Å². The molecule has 1 fully saturated rings. The van der Waals surface area contributed by atoms with E-state index in [1.54, 1.807) is 17.0 Å². The Morgan fingerprint density at radius 2 is 2.00 bits per heavy atom. The van der Waals surface area contributed by atoms with Crippen LogP contribution in [0.3, 0.4) is 0 Å². The highest BCUT2D eigenvalue weighted by atomic mass is 35.5. The van der Waals surface area contributed by atoms with E-state index in [1.165, 1.54) is 6.20 Å². The molecule has 0 aliphatic carbocycles. The van der Waals surface area contributed by atoms with E-state index in [-0.39, 0.29) is 11.9 Å². The van der Waals surface area contributed by atoms with E-state index in [1.807, 2.05) is 25.1 Å². The van der Waals surface area contributed by atoms with Crippen LogP contribution in [0.5, 0.6) is 0 Å². The number of hydrogen-bond acceptors (Lipinski definition) is 5. The SMILES string of the molecule is CC(Nc1ncc(C(=O)N2CCOCC2)cc1Cl)c1cc2cc(Cl)ccc2o1. The summed E-state index contributed by atoms with van der Waals surface area (Å²) >= 11 is 12.4. The van der Waals surface area contributed by atoms with Crippen molar-refractivity contribution in [1.29, 1.82) is 0 Å². The summed E-state index contributed by atoms with van der Waals surface area (Å²) in [7, 11) is 0. The monoisotopic (exact) mass is 419 g/mol. The number of benzene rings is 1. The van der Waals surface area contributed by atoms with Crippen molar-refractivity contribution in [3.8, 4) is 0 Å². The molecule has 0 saturated carbocycles. The van der Waals surface area contributed by atoms with Crippen molar-refractivity contribution in [1.82, 2.24) is 9.88 Å². The van der Waals surface area contributed by atoms with Gasteiger partial charge in [0.25, 0.3) is 5.91 Å². The molecule has 6 nitrogen and oxygen atoms in total. The first kappa shape index (κ1) is 19.1. The predicted octanol–water partition coefficient (Wildman–Crippen LogP) is 4.78. The third-order valence-corrected chi connectivity index (χ3v) is 5.19. The number of carbonyl (C=O) groups is 1. The van der Waals surface area contributed by atoms with Gasteiger partial charge >= 0.3 is 0 Å². The Bertz CT molecular complexity index is 1020. The predicted molar refractivity (Wildman–Crippen MR) is 109 cm³/mol. The molecule has 2 aromatic heterocycles. The molecule has 0 radical (unpaired) electrons. The van der Waals surface area contributed by atoms with Gasteiger partial charge < -0.3 is 19.4 Å². The number of nitrogens with one attached hydrogen (secondary N) is 1. The lowest BCUT2D eigenvalue weighted by molar-refractivity contribution is 0.0302. The molecule has 1 unspecified atom stereocenters. The average Bonchev–Trinajstić information content (AvgIpc) is 3.13. The van der Waals surface area contributed by atoms with Crippen LogP contribution in [0.1, 0.15) is 29.1 Å². The molecule has 1 N–H and O–H groups in total. The first-order chi connectivity index (χ1) is 13.5. The maximum Gasteiger partial charge on any atom is 0.255 e. The number of ether oxygens (including phenoxy) is 1.